The van der Waals surface area contributed by atoms with Crippen LogP contribution in [0.4, 0.5) is 5.82 Å². The second kappa shape index (κ2) is 5.12. The molecule has 3 rings (SSSR count). The maximum absolute atomic E-state index is 4.29. The average Bonchev–Trinajstić information content (AvgIpc) is 2.93. The van der Waals surface area contributed by atoms with Gasteiger partial charge in [-0.1, -0.05) is 12.8 Å². The summed E-state index contributed by atoms with van der Waals surface area (Å²) in [4.78, 5) is 12.7. The first-order valence-electron chi connectivity index (χ1n) is 6.41. The highest BCUT2D eigenvalue weighted by Gasteiger charge is 2.15. The normalized spacial score (nSPS) is 15.8. The Hall–Kier alpha value is -1.97. The van der Waals surface area contributed by atoms with Crippen molar-refractivity contribution in [2.75, 3.05) is 5.32 Å². The molecule has 1 aliphatic carbocycles. The van der Waals surface area contributed by atoms with Crippen LogP contribution in [0.3, 0.4) is 0 Å². The van der Waals surface area contributed by atoms with Crippen molar-refractivity contribution in [3.8, 4) is 11.3 Å². The Bertz CT molecular complexity index is 506. The zero-order valence-corrected chi connectivity index (χ0v) is 10.2. The fraction of sp³-hybridized carbons (Fsp3) is 0.357. The van der Waals surface area contributed by atoms with Crippen molar-refractivity contribution in [1.29, 1.82) is 0 Å². The molecule has 1 aliphatic rings. The molecule has 2 heterocycles. The van der Waals surface area contributed by atoms with Crippen molar-refractivity contribution in [1.82, 2.24) is 15.0 Å². The highest BCUT2D eigenvalue weighted by Crippen LogP contribution is 2.23. The number of nitrogens with one attached hydrogen (secondary N) is 1. The molecule has 2 aromatic heterocycles. The van der Waals surface area contributed by atoms with Gasteiger partial charge in [0.25, 0.3) is 0 Å². The zero-order valence-electron chi connectivity index (χ0n) is 10.2. The van der Waals surface area contributed by atoms with Gasteiger partial charge in [-0.05, 0) is 25.0 Å². The third-order valence-electron chi connectivity index (χ3n) is 3.33. The van der Waals surface area contributed by atoms with Gasteiger partial charge in [-0.2, -0.15) is 0 Å². The van der Waals surface area contributed by atoms with E-state index in [2.05, 4.69) is 20.3 Å². The van der Waals surface area contributed by atoms with Gasteiger partial charge in [0, 0.05) is 30.1 Å². The molecule has 1 N–H and O–H groups in total. The van der Waals surface area contributed by atoms with Crippen LogP contribution in [0.25, 0.3) is 11.3 Å². The number of pyridine rings is 1. The van der Waals surface area contributed by atoms with Gasteiger partial charge >= 0.3 is 0 Å². The summed E-state index contributed by atoms with van der Waals surface area (Å²) in [6, 6.07) is 6.49. The van der Waals surface area contributed by atoms with E-state index in [1.165, 1.54) is 25.7 Å². The first-order chi connectivity index (χ1) is 8.92. The summed E-state index contributed by atoms with van der Waals surface area (Å²) in [6.45, 7) is 0. The maximum Gasteiger partial charge on any atom is 0.130 e. The van der Waals surface area contributed by atoms with E-state index < -0.39 is 0 Å². The van der Waals surface area contributed by atoms with E-state index in [0.717, 1.165) is 17.1 Å². The summed E-state index contributed by atoms with van der Waals surface area (Å²) in [6.07, 6.45) is 10.3. The van der Waals surface area contributed by atoms with Gasteiger partial charge in [0.15, 0.2) is 0 Å². The fourth-order valence-corrected chi connectivity index (χ4v) is 2.39. The molecule has 18 heavy (non-hydrogen) atoms. The fourth-order valence-electron chi connectivity index (χ4n) is 2.39. The number of aromatic nitrogens is 3. The highest BCUT2D eigenvalue weighted by atomic mass is 15.0. The predicted molar refractivity (Wildman–Crippen MR) is 71.1 cm³/mol. The summed E-state index contributed by atoms with van der Waals surface area (Å²) in [5.41, 5.74) is 1.94. The molecule has 4 heteroatoms. The van der Waals surface area contributed by atoms with Gasteiger partial charge in [0.2, 0.25) is 0 Å². The van der Waals surface area contributed by atoms with Gasteiger partial charge in [0.1, 0.15) is 12.1 Å². The molecule has 92 valence electrons. The van der Waals surface area contributed by atoms with Gasteiger partial charge in [0.05, 0.1) is 5.69 Å². The number of nitrogens with zero attached hydrogens (tertiary/aromatic N) is 3. The molecule has 0 amide bonds. The van der Waals surface area contributed by atoms with E-state index in [0.29, 0.717) is 6.04 Å². The lowest BCUT2D eigenvalue weighted by atomic mass is 10.2. The minimum absolute atomic E-state index is 0.571. The van der Waals surface area contributed by atoms with Crippen molar-refractivity contribution in [2.24, 2.45) is 0 Å². The molecule has 1 fully saturated rings. The van der Waals surface area contributed by atoms with Crippen LogP contribution in [0.5, 0.6) is 0 Å². The van der Waals surface area contributed by atoms with Crippen LogP contribution < -0.4 is 5.32 Å². The molecule has 0 spiro atoms. The molecule has 0 saturated heterocycles. The van der Waals surface area contributed by atoms with Crippen LogP contribution in [0.2, 0.25) is 0 Å². The summed E-state index contributed by atoms with van der Waals surface area (Å²) in [7, 11) is 0. The zero-order chi connectivity index (χ0) is 12.2. The molecule has 0 aliphatic heterocycles. The third kappa shape index (κ3) is 2.47. The molecular formula is C14H16N4. The molecular weight excluding hydrogens is 224 g/mol. The third-order valence-corrected chi connectivity index (χ3v) is 3.33. The van der Waals surface area contributed by atoms with Crippen LogP contribution >= 0.6 is 0 Å². The van der Waals surface area contributed by atoms with Gasteiger partial charge in [-0.3, -0.25) is 4.98 Å². The van der Waals surface area contributed by atoms with E-state index >= 15 is 0 Å². The van der Waals surface area contributed by atoms with Crippen LogP contribution in [-0.4, -0.2) is 21.0 Å². The topological polar surface area (TPSA) is 50.7 Å². The van der Waals surface area contributed by atoms with Crippen molar-refractivity contribution < 1.29 is 0 Å². The first-order valence-corrected chi connectivity index (χ1v) is 6.41. The summed E-state index contributed by atoms with van der Waals surface area (Å²) in [5, 5.41) is 3.48. The SMILES string of the molecule is c1cncc(-c2cc(NC3CCCC3)ncn2)c1. The second-order valence-electron chi connectivity index (χ2n) is 4.66. The Kier molecular flexibility index (Phi) is 3.17. The number of hydrogen-bond donors (Lipinski definition) is 1. The molecule has 0 bridgehead atoms. The van der Waals surface area contributed by atoms with Crippen molar-refractivity contribution in [2.45, 2.75) is 31.7 Å². The van der Waals surface area contributed by atoms with E-state index in [1.54, 1.807) is 12.5 Å². The lowest BCUT2D eigenvalue weighted by molar-refractivity contribution is 0.750. The van der Waals surface area contributed by atoms with Crippen LogP contribution in [0, 0.1) is 0 Å². The molecule has 2 aromatic rings. The predicted octanol–water partition coefficient (Wildman–Crippen LogP) is 2.89. The molecule has 0 radical (unpaired) electrons. The second-order valence-corrected chi connectivity index (χ2v) is 4.66. The van der Waals surface area contributed by atoms with E-state index in [9.17, 15) is 0 Å². The minimum atomic E-state index is 0.571. The minimum Gasteiger partial charge on any atom is -0.367 e. The Morgan fingerprint density at radius 1 is 1.17 bits per heavy atom. The van der Waals surface area contributed by atoms with Crippen molar-refractivity contribution in [3.05, 3.63) is 36.9 Å². The Morgan fingerprint density at radius 3 is 2.83 bits per heavy atom. The van der Waals surface area contributed by atoms with E-state index in [4.69, 9.17) is 0 Å². The van der Waals surface area contributed by atoms with Gasteiger partial charge in [-0.15, -0.1) is 0 Å². The number of rotatable bonds is 3. The lowest BCUT2D eigenvalue weighted by Crippen LogP contribution is -2.15. The smallest absolute Gasteiger partial charge is 0.130 e. The summed E-state index contributed by atoms with van der Waals surface area (Å²) >= 11 is 0. The number of hydrogen-bond acceptors (Lipinski definition) is 4. The maximum atomic E-state index is 4.29. The van der Waals surface area contributed by atoms with Gasteiger partial charge in [-0.25, -0.2) is 9.97 Å². The van der Waals surface area contributed by atoms with Crippen molar-refractivity contribution >= 4 is 5.82 Å². The van der Waals surface area contributed by atoms with Crippen molar-refractivity contribution in [3.63, 3.8) is 0 Å². The largest absolute Gasteiger partial charge is 0.367 e. The van der Waals surface area contributed by atoms with Crippen LogP contribution in [0.1, 0.15) is 25.7 Å². The summed E-state index contributed by atoms with van der Waals surface area (Å²) in [5.74, 6) is 0.913. The molecule has 4 nitrogen and oxygen atoms in total. The Balaban J connectivity index is 1.80. The monoisotopic (exact) mass is 240 g/mol. The molecule has 0 atom stereocenters. The lowest BCUT2D eigenvalue weighted by Gasteiger charge is -2.12. The Labute approximate surface area is 107 Å². The van der Waals surface area contributed by atoms with Crippen LogP contribution in [0.15, 0.2) is 36.9 Å². The van der Waals surface area contributed by atoms with E-state index in [-0.39, 0.29) is 0 Å². The molecule has 0 unspecified atom stereocenters. The average molecular weight is 240 g/mol. The quantitative estimate of drug-likeness (QED) is 0.896. The standard InChI is InChI=1S/C14H16N4/c1-2-6-12(5-1)18-14-8-13(16-10-17-14)11-4-3-7-15-9-11/h3-4,7-10,12H,1-2,5-6H2,(H,16,17,18). The first kappa shape index (κ1) is 11.1. The van der Waals surface area contributed by atoms with Gasteiger partial charge < -0.3 is 5.32 Å². The Morgan fingerprint density at radius 2 is 2.06 bits per heavy atom. The highest BCUT2D eigenvalue weighted by molar-refractivity contribution is 5.60. The summed E-state index contributed by atoms with van der Waals surface area (Å²) < 4.78 is 0. The molecule has 0 aromatic carbocycles. The van der Waals surface area contributed by atoms with E-state index in [1.807, 2.05) is 24.4 Å². The number of anilines is 1. The molecule has 1 saturated carbocycles. The van der Waals surface area contributed by atoms with Crippen LogP contribution in [-0.2, 0) is 0 Å².